The topological polar surface area (TPSA) is 55.1 Å². The predicted molar refractivity (Wildman–Crippen MR) is 48.7 cm³/mol. The van der Waals surface area contributed by atoms with Crippen LogP contribution in [0.5, 0.6) is 0 Å². The number of aromatic nitrogens is 2. The number of carboxylic acids is 1. The van der Waals surface area contributed by atoms with E-state index in [9.17, 15) is 4.79 Å². The van der Waals surface area contributed by atoms with Crippen LogP contribution < -0.4 is 0 Å². The van der Waals surface area contributed by atoms with Crippen molar-refractivity contribution in [3.63, 3.8) is 0 Å². The molecule has 0 fully saturated rings. The van der Waals surface area contributed by atoms with Crippen LogP contribution in [0.4, 0.5) is 0 Å². The van der Waals surface area contributed by atoms with E-state index in [0.29, 0.717) is 12.2 Å². The number of nitrogens with zero attached hydrogens (tertiary/aromatic N) is 2. The zero-order chi connectivity index (χ0) is 9.84. The van der Waals surface area contributed by atoms with Crippen LogP contribution >= 0.6 is 0 Å². The Morgan fingerprint density at radius 3 is 2.92 bits per heavy atom. The fourth-order valence-electron chi connectivity index (χ4n) is 1.05. The first-order valence-electron chi connectivity index (χ1n) is 4.03. The molecule has 0 unspecified atom stereocenters. The molecule has 1 aromatic rings. The first-order chi connectivity index (χ1) is 6.16. The summed E-state index contributed by atoms with van der Waals surface area (Å²) in [4.78, 5) is 10.6. The lowest BCUT2D eigenvalue weighted by Crippen LogP contribution is -2.03. The Labute approximate surface area is 76.5 Å². The summed E-state index contributed by atoms with van der Waals surface area (Å²) >= 11 is 0. The van der Waals surface area contributed by atoms with Gasteiger partial charge in [-0.05, 0) is 13.8 Å². The molecular formula is C9H12N2O2. The van der Waals surface area contributed by atoms with Crippen molar-refractivity contribution in [2.45, 2.75) is 20.4 Å². The molecular weight excluding hydrogens is 168 g/mol. The molecule has 0 amide bonds. The molecule has 0 aliphatic carbocycles. The summed E-state index contributed by atoms with van der Waals surface area (Å²) in [7, 11) is 0. The molecule has 0 saturated carbocycles. The van der Waals surface area contributed by atoms with E-state index in [4.69, 9.17) is 5.11 Å². The molecule has 0 aliphatic heterocycles. The number of aromatic carboxylic acids is 1. The molecule has 1 heterocycles. The van der Waals surface area contributed by atoms with Crippen LogP contribution in [0.1, 0.15) is 23.0 Å². The fourth-order valence-corrected chi connectivity index (χ4v) is 1.05. The average molecular weight is 180 g/mol. The van der Waals surface area contributed by atoms with Crippen molar-refractivity contribution in [1.29, 1.82) is 0 Å². The van der Waals surface area contributed by atoms with Gasteiger partial charge in [0.15, 0.2) is 0 Å². The highest BCUT2D eigenvalue weighted by molar-refractivity contribution is 5.88. The monoisotopic (exact) mass is 180 g/mol. The molecule has 1 aromatic heterocycles. The summed E-state index contributed by atoms with van der Waals surface area (Å²) in [6.45, 7) is 4.28. The molecule has 13 heavy (non-hydrogen) atoms. The average Bonchev–Trinajstić information content (AvgIpc) is 2.43. The summed E-state index contributed by atoms with van der Waals surface area (Å²) in [5, 5.41) is 12.7. The third-order valence-corrected chi connectivity index (χ3v) is 1.85. The van der Waals surface area contributed by atoms with Gasteiger partial charge in [-0.25, -0.2) is 4.79 Å². The highest BCUT2D eigenvalue weighted by atomic mass is 16.4. The lowest BCUT2D eigenvalue weighted by atomic mass is 10.3. The van der Waals surface area contributed by atoms with E-state index in [1.165, 1.54) is 6.20 Å². The Morgan fingerprint density at radius 1 is 1.77 bits per heavy atom. The van der Waals surface area contributed by atoms with Crippen molar-refractivity contribution in [3.05, 3.63) is 29.6 Å². The Kier molecular flexibility index (Phi) is 2.84. The largest absolute Gasteiger partial charge is 0.478 e. The first kappa shape index (κ1) is 9.51. The van der Waals surface area contributed by atoms with E-state index < -0.39 is 5.97 Å². The molecule has 4 heteroatoms. The molecule has 70 valence electrons. The molecule has 1 N–H and O–H groups in total. The number of allylic oxidation sites excluding steroid dienone is 2. The summed E-state index contributed by atoms with van der Waals surface area (Å²) < 4.78 is 1.66. The molecule has 0 aliphatic rings. The molecule has 4 nitrogen and oxygen atoms in total. The Balaban J connectivity index is 2.92. The van der Waals surface area contributed by atoms with Crippen LogP contribution in [-0.2, 0) is 6.54 Å². The highest BCUT2D eigenvalue weighted by Crippen LogP contribution is 2.06. The SMILES string of the molecule is CC=CCn1ncc(C(=O)O)c1C. The number of hydrogen-bond donors (Lipinski definition) is 1. The van der Waals surface area contributed by atoms with Crippen molar-refractivity contribution in [3.8, 4) is 0 Å². The Morgan fingerprint density at radius 2 is 2.46 bits per heavy atom. The Bertz CT molecular complexity index is 339. The van der Waals surface area contributed by atoms with Gasteiger partial charge in [0.25, 0.3) is 0 Å². The lowest BCUT2D eigenvalue weighted by molar-refractivity contribution is 0.0696. The second-order valence-electron chi connectivity index (χ2n) is 2.70. The van der Waals surface area contributed by atoms with Crippen molar-refractivity contribution in [2.24, 2.45) is 0 Å². The van der Waals surface area contributed by atoms with E-state index in [1.54, 1.807) is 11.6 Å². The van der Waals surface area contributed by atoms with E-state index in [2.05, 4.69) is 5.10 Å². The predicted octanol–water partition coefficient (Wildman–Crippen LogP) is 1.47. The second-order valence-corrected chi connectivity index (χ2v) is 2.70. The van der Waals surface area contributed by atoms with Crippen LogP contribution in [0.3, 0.4) is 0 Å². The van der Waals surface area contributed by atoms with Gasteiger partial charge >= 0.3 is 5.97 Å². The van der Waals surface area contributed by atoms with Gasteiger partial charge in [-0.15, -0.1) is 0 Å². The first-order valence-corrected chi connectivity index (χ1v) is 4.03. The standard InChI is InChI=1S/C9H12N2O2/c1-3-4-5-11-7(2)8(6-10-11)9(12)13/h3-4,6H,5H2,1-2H3,(H,12,13). The third kappa shape index (κ3) is 1.96. The minimum absolute atomic E-state index is 0.268. The fraction of sp³-hybridized carbons (Fsp3) is 0.333. The van der Waals surface area contributed by atoms with Crippen LogP contribution in [0.2, 0.25) is 0 Å². The van der Waals surface area contributed by atoms with Gasteiger partial charge in [0, 0.05) is 0 Å². The number of hydrogen-bond acceptors (Lipinski definition) is 2. The van der Waals surface area contributed by atoms with E-state index in [-0.39, 0.29) is 5.56 Å². The highest BCUT2D eigenvalue weighted by Gasteiger charge is 2.11. The van der Waals surface area contributed by atoms with E-state index in [1.807, 2.05) is 19.1 Å². The quantitative estimate of drug-likeness (QED) is 0.716. The van der Waals surface area contributed by atoms with Crippen LogP contribution in [-0.4, -0.2) is 20.9 Å². The van der Waals surface area contributed by atoms with E-state index in [0.717, 1.165) is 0 Å². The maximum Gasteiger partial charge on any atom is 0.339 e. The normalized spacial score (nSPS) is 10.9. The summed E-state index contributed by atoms with van der Waals surface area (Å²) in [6.07, 6.45) is 5.20. The van der Waals surface area contributed by atoms with Gasteiger partial charge in [-0.2, -0.15) is 5.10 Å². The number of carboxylic acid groups (broad SMARTS) is 1. The molecule has 0 saturated heterocycles. The molecule has 0 aromatic carbocycles. The van der Waals surface area contributed by atoms with Crippen molar-refractivity contribution >= 4 is 5.97 Å². The third-order valence-electron chi connectivity index (χ3n) is 1.85. The molecule has 0 atom stereocenters. The van der Waals surface area contributed by atoms with Crippen molar-refractivity contribution in [2.75, 3.05) is 0 Å². The maximum atomic E-state index is 10.6. The lowest BCUT2D eigenvalue weighted by Gasteiger charge is -1.99. The summed E-state index contributed by atoms with van der Waals surface area (Å²) in [5.74, 6) is -0.927. The van der Waals surface area contributed by atoms with Crippen molar-refractivity contribution < 1.29 is 9.90 Å². The molecule has 0 spiro atoms. The molecule has 0 radical (unpaired) electrons. The zero-order valence-corrected chi connectivity index (χ0v) is 7.69. The Hall–Kier alpha value is -1.58. The van der Waals surface area contributed by atoms with Crippen LogP contribution in [0, 0.1) is 6.92 Å². The smallest absolute Gasteiger partial charge is 0.339 e. The molecule has 0 bridgehead atoms. The van der Waals surface area contributed by atoms with Gasteiger partial charge < -0.3 is 5.11 Å². The maximum absolute atomic E-state index is 10.6. The number of rotatable bonds is 3. The summed E-state index contributed by atoms with van der Waals surface area (Å²) in [6, 6.07) is 0. The van der Waals surface area contributed by atoms with E-state index >= 15 is 0 Å². The van der Waals surface area contributed by atoms with Crippen molar-refractivity contribution in [1.82, 2.24) is 9.78 Å². The second kappa shape index (κ2) is 3.89. The van der Waals surface area contributed by atoms with Gasteiger partial charge in [-0.1, -0.05) is 12.2 Å². The van der Waals surface area contributed by atoms with Gasteiger partial charge in [0.2, 0.25) is 0 Å². The van der Waals surface area contributed by atoms with Crippen LogP contribution in [0.25, 0.3) is 0 Å². The number of carbonyl (C=O) groups is 1. The summed E-state index contributed by atoms with van der Waals surface area (Å²) in [5.41, 5.74) is 0.954. The van der Waals surface area contributed by atoms with Gasteiger partial charge in [0.05, 0.1) is 18.4 Å². The minimum Gasteiger partial charge on any atom is -0.478 e. The van der Waals surface area contributed by atoms with Gasteiger partial charge in [-0.3, -0.25) is 4.68 Å². The zero-order valence-electron chi connectivity index (χ0n) is 7.69. The minimum atomic E-state index is -0.927. The van der Waals surface area contributed by atoms with Crippen LogP contribution in [0.15, 0.2) is 18.3 Å². The van der Waals surface area contributed by atoms with Gasteiger partial charge in [0.1, 0.15) is 5.56 Å². The molecule has 1 rings (SSSR count).